The number of nitrogens with one attached hydrogen (secondary N) is 1. The van der Waals surface area contributed by atoms with Crippen molar-refractivity contribution in [1.82, 2.24) is 10.2 Å². The molecule has 0 bridgehead atoms. The van der Waals surface area contributed by atoms with Gasteiger partial charge in [-0.05, 0) is 61.6 Å². The molecule has 0 amide bonds. The van der Waals surface area contributed by atoms with Crippen LogP contribution < -0.4 is 5.32 Å². The lowest BCUT2D eigenvalue weighted by Crippen LogP contribution is -2.28. The Morgan fingerprint density at radius 2 is 1.71 bits per heavy atom. The van der Waals surface area contributed by atoms with E-state index in [-0.39, 0.29) is 0 Å². The molecule has 0 heterocycles. The summed E-state index contributed by atoms with van der Waals surface area (Å²) in [5.74, 6) is 2.00. The zero-order valence-corrected chi connectivity index (χ0v) is 13.5. The van der Waals surface area contributed by atoms with Gasteiger partial charge in [-0.15, -0.1) is 0 Å². The van der Waals surface area contributed by atoms with E-state index in [1.54, 1.807) is 0 Å². The van der Waals surface area contributed by atoms with Gasteiger partial charge in [0.25, 0.3) is 0 Å². The van der Waals surface area contributed by atoms with Crippen molar-refractivity contribution in [2.45, 2.75) is 52.1 Å². The van der Waals surface area contributed by atoms with Crippen LogP contribution in [0.5, 0.6) is 0 Å². The molecule has 1 N–H and O–H groups in total. The van der Waals surface area contributed by atoms with Crippen LogP contribution in [0.2, 0.25) is 0 Å². The molecule has 3 rings (SSSR count). The number of hydrogen-bond donors (Lipinski definition) is 1. The van der Waals surface area contributed by atoms with Crippen LogP contribution in [0.15, 0.2) is 24.3 Å². The quantitative estimate of drug-likeness (QED) is 0.658. The summed E-state index contributed by atoms with van der Waals surface area (Å²) in [7, 11) is 0. The predicted octanol–water partition coefficient (Wildman–Crippen LogP) is 3.81. The summed E-state index contributed by atoms with van der Waals surface area (Å²) in [6.07, 6.45) is 7.05. The molecule has 0 radical (unpaired) electrons. The molecular formula is C19H30N2. The largest absolute Gasteiger partial charge is 0.313 e. The van der Waals surface area contributed by atoms with Crippen molar-refractivity contribution in [3.8, 4) is 0 Å². The van der Waals surface area contributed by atoms with E-state index in [4.69, 9.17) is 0 Å². The first-order chi connectivity index (χ1) is 10.3. The lowest BCUT2D eigenvalue weighted by molar-refractivity contribution is 0.244. The smallest absolute Gasteiger partial charge is 0.0234 e. The molecule has 2 nitrogen and oxygen atoms in total. The molecule has 0 saturated heterocycles. The van der Waals surface area contributed by atoms with E-state index in [1.807, 2.05) is 0 Å². The van der Waals surface area contributed by atoms with E-state index in [0.717, 1.165) is 31.5 Å². The summed E-state index contributed by atoms with van der Waals surface area (Å²) in [6.45, 7) is 8.14. The van der Waals surface area contributed by atoms with E-state index < -0.39 is 0 Å². The molecule has 1 aromatic rings. The monoisotopic (exact) mass is 286 g/mol. The first-order valence-corrected chi connectivity index (χ1v) is 8.84. The van der Waals surface area contributed by atoms with Crippen molar-refractivity contribution in [2.24, 2.45) is 11.8 Å². The van der Waals surface area contributed by atoms with Crippen molar-refractivity contribution in [1.29, 1.82) is 0 Å². The summed E-state index contributed by atoms with van der Waals surface area (Å²) in [5, 5.41) is 3.50. The molecule has 0 spiro atoms. The van der Waals surface area contributed by atoms with Gasteiger partial charge in [0.15, 0.2) is 0 Å². The van der Waals surface area contributed by atoms with Crippen molar-refractivity contribution in [3.63, 3.8) is 0 Å². The summed E-state index contributed by atoms with van der Waals surface area (Å²) in [5.41, 5.74) is 2.92. The van der Waals surface area contributed by atoms with Gasteiger partial charge >= 0.3 is 0 Å². The number of rotatable bonds is 10. The minimum absolute atomic E-state index is 0.998. The van der Waals surface area contributed by atoms with Crippen LogP contribution >= 0.6 is 0 Å². The van der Waals surface area contributed by atoms with E-state index >= 15 is 0 Å². The standard InChI is InChI=1S/C19H30N2/c1-2-10-20-12-18-4-3-5-19(11-18)15-21(13-16-6-7-16)14-17-8-9-17/h3-5,11,16-17,20H,2,6-10,12-15H2,1H3. The molecule has 0 aliphatic heterocycles. The second-order valence-corrected chi connectivity index (χ2v) is 7.08. The van der Waals surface area contributed by atoms with E-state index in [9.17, 15) is 0 Å². The van der Waals surface area contributed by atoms with Gasteiger partial charge in [0.05, 0.1) is 0 Å². The normalized spacial score (nSPS) is 18.4. The van der Waals surface area contributed by atoms with Crippen molar-refractivity contribution >= 4 is 0 Å². The molecule has 21 heavy (non-hydrogen) atoms. The molecule has 0 aromatic heterocycles. The molecule has 2 aliphatic carbocycles. The van der Waals surface area contributed by atoms with Crippen molar-refractivity contribution < 1.29 is 0 Å². The average Bonchev–Trinajstić information content (AvgIpc) is 3.36. The first kappa shape index (κ1) is 15.1. The van der Waals surface area contributed by atoms with Gasteiger partial charge in [-0.3, -0.25) is 4.90 Å². The molecule has 2 aliphatic rings. The van der Waals surface area contributed by atoms with Crippen LogP contribution in [0.1, 0.15) is 50.2 Å². The highest BCUT2D eigenvalue weighted by molar-refractivity contribution is 5.23. The summed E-state index contributed by atoms with van der Waals surface area (Å²) < 4.78 is 0. The minimum atomic E-state index is 0.998. The predicted molar refractivity (Wildman–Crippen MR) is 89.2 cm³/mol. The van der Waals surface area contributed by atoms with Crippen molar-refractivity contribution in [2.75, 3.05) is 19.6 Å². The van der Waals surface area contributed by atoms with Crippen LogP contribution in [-0.2, 0) is 13.1 Å². The van der Waals surface area contributed by atoms with E-state index in [1.165, 1.54) is 56.3 Å². The molecule has 2 saturated carbocycles. The second-order valence-electron chi connectivity index (χ2n) is 7.08. The highest BCUT2D eigenvalue weighted by atomic mass is 15.1. The van der Waals surface area contributed by atoms with Crippen molar-refractivity contribution in [3.05, 3.63) is 35.4 Å². The fraction of sp³-hybridized carbons (Fsp3) is 0.684. The Morgan fingerprint density at radius 3 is 2.33 bits per heavy atom. The van der Waals surface area contributed by atoms with Gasteiger partial charge in [-0.25, -0.2) is 0 Å². The third-order valence-electron chi connectivity index (χ3n) is 4.58. The minimum Gasteiger partial charge on any atom is -0.313 e. The maximum absolute atomic E-state index is 3.50. The summed E-state index contributed by atoms with van der Waals surface area (Å²) in [4.78, 5) is 2.72. The van der Waals surface area contributed by atoms with Crippen LogP contribution in [0, 0.1) is 11.8 Å². The van der Waals surface area contributed by atoms with Gasteiger partial charge in [0, 0.05) is 26.2 Å². The Hall–Kier alpha value is -0.860. The number of benzene rings is 1. The molecule has 1 aromatic carbocycles. The maximum atomic E-state index is 3.50. The van der Waals surface area contributed by atoms with Crippen LogP contribution in [0.4, 0.5) is 0 Å². The topological polar surface area (TPSA) is 15.3 Å². The Kier molecular flexibility index (Phi) is 5.32. The van der Waals surface area contributed by atoms with Gasteiger partial charge in [-0.2, -0.15) is 0 Å². The molecule has 0 unspecified atom stereocenters. The Labute approximate surface area is 129 Å². The van der Waals surface area contributed by atoms with Gasteiger partial charge < -0.3 is 5.32 Å². The fourth-order valence-corrected chi connectivity index (χ4v) is 3.04. The molecule has 2 fully saturated rings. The third kappa shape index (κ3) is 5.44. The SMILES string of the molecule is CCCNCc1cccc(CN(CC2CC2)CC2CC2)c1. The van der Waals surface area contributed by atoms with Crippen LogP contribution in [-0.4, -0.2) is 24.5 Å². The zero-order valence-electron chi connectivity index (χ0n) is 13.5. The van der Waals surface area contributed by atoms with Crippen LogP contribution in [0.25, 0.3) is 0 Å². The average molecular weight is 286 g/mol. The molecule has 116 valence electrons. The van der Waals surface area contributed by atoms with Crippen LogP contribution in [0.3, 0.4) is 0 Å². The summed E-state index contributed by atoms with van der Waals surface area (Å²) >= 11 is 0. The second kappa shape index (κ2) is 7.42. The highest BCUT2D eigenvalue weighted by Crippen LogP contribution is 2.34. The number of hydrogen-bond acceptors (Lipinski definition) is 2. The van der Waals surface area contributed by atoms with E-state index in [0.29, 0.717) is 0 Å². The fourth-order valence-electron chi connectivity index (χ4n) is 3.04. The Bertz CT molecular complexity index is 421. The number of nitrogens with zero attached hydrogens (tertiary/aromatic N) is 1. The molecular weight excluding hydrogens is 256 g/mol. The maximum Gasteiger partial charge on any atom is 0.0234 e. The van der Waals surface area contributed by atoms with Gasteiger partial charge in [-0.1, -0.05) is 31.2 Å². The zero-order chi connectivity index (χ0) is 14.5. The molecule has 0 atom stereocenters. The van der Waals surface area contributed by atoms with Gasteiger partial charge in [0.1, 0.15) is 0 Å². The highest BCUT2D eigenvalue weighted by Gasteiger charge is 2.29. The lowest BCUT2D eigenvalue weighted by Gasteiger charge is -2.22. The Morgan fingerprint density at radius 1 is 1.05 bits per heavy atom. The first-order valence-electron chi connectivity index (χ1n) is 8.84. The lowest BCUT2D eigenvalue weighted by atomic mass is 10.1. The molecule has 2 heteroatoms. The Balaban J connectivity index is 1.54. The third-order valence-corrected chi connectivity index (χ3v) is 4.58. The summed E-state index contributed by atoms with van der Waals surface area (Å²) in [6, 6.07) is 9.18. The van der Waals surface area contributed by atoms with Gasteiger partial charge in [0.2, 0.25) is 0 Å². The van der Waals surface area contributed by atoms with E-state index in [2.05, 4.69) is 41.4 Å².